The summed E-state index contributed by atoms with van der Waals surface area (Å²) in [6, 6.07) is 17.3. The van der Waals surface area contributed by atoms with Crippen molar-refractivity contribution in [2.75, 3.05) is 0 Å². The standard InChI is InChI=1S/C25H26ClN3O/c1-3-4-5-9-22-24(20-12-10-18(15-27)11-13-20)23(25(28)30)17(2)29(22)16-19-7-6-8-21(26)14-19/h6-8,10-14H,3-5,9,16H2,1-2H3,(H2,28,30). The number of nitrogens with two attached hydrogens (primary N) is 1. The lowest BCUT2D eigenvalue weighted by Crippen LogP contribution is -2.13. The van der Waals surface area contributed by atoms with Crippen molar-refractivity contribution in [3.05, 3.63) is 81.6 Å². The summed E-state index contributed by atoms with van der Waals surface area (Å²) in [5, 5.41) is 9.82. The fourth-order valence-electron chi connectivity index (χ4n) is 3.96. The molecule has 0 saturated carbocycles. The van der Waals surface area contributed by atoms with Gasteiger partial charge in [0.15, 0.2) is 0 Å². The summed E-state index contributed by atoms with van der Waals surface area (Å²) in [4.78, 5) is 12.5. The Kier molecular flexibility index (Phi) is 6.97. The Bertz CT molecular complexity index is 1090. The number of nitrogens with zero attached hydrogens (tertiary/aromatic N) is 2. The van der Waals surface area contributed by atoms with Gasteiger partial charge in [-0.1, -0.05) is 55.6 Å². The van der Waals surface area contributed by atoms with Gasteiger partial charge in [0.2, 0.25) is 0 Å². The monoisotopic (exact) mass is 419 g/mol. The van der Waals surface area contributed by atoms with Crippen molar-refractivity contribution in [3.8, 4) is 17.2 Å². The molecule has 0 saturated heterocycles. The first-order valence-corrected chi connectivity index (χ1v) is 10.6. The van der Waals surface area contributed by atoms with Crippen LogP contribution < -0.4 is 5.73 Å². The Morgan fingerprint density at radius 2 is 1.90 bits per heavy atom. The SMILES string of the molecule is CCCCCc1c(-c2ccc(C#N)cc2)c(C(N)=O)c(C)n1Cc1cccc(Cl)c1. The van der Waals surface area contributed by atoms with Crippen molar-refractivity contribution >= 4 is 17.5 Å². The van der Waals surface area contributed by atoms with Crippen LogP contribution in [0.1, 0.15) is 59.1 Å². The molecule has 2 N–H and O–H groups in total. The van der Waals surface area contributed by atoms with E-state index in [1.165, 1.54) is 0 Å². The molecule has 30 heavy (non-hydrogen) atoms. The number of amides is 1. The Morgan fingerprint density at radius 1 is 1.17 bits per heavy atom. The van der Waals surface area contributed by atoms with Crippen molar-refractivity contribution < 1.29 is 4.79 Å². The number of rotatable bonds is 8. The summed E-state index contributed by atoms with van der Waals surface area (Å²) < 4.78 is 2.19. The van der Waals surface area contributed by atoms with Crippen LogP contribution in [0, 0.1) is 18.3 Å². The van der Waals surface area contributed by atoms with E-state index in [1.54, 1.807) is 12.1 Å². The van der Waals surface area contributed by atoms with E-state index in [-0.39, 0.29) is 0 Å². The highest BCUT2D eigenvalue weighted by molar-refractivity contribution is 6.30. The van der Waals surface area contributed by atoms with Gasteiger partial charge in [-0.3, -0.25) is 4.79 Å². The van der Waals surface area contributed by atoms with Crippen molar-refractivity contribution in [2.24, 2.45) is 5.73 Å². The number of primary amides is 1. The van der Waals surface area contributed by atoms with Gasteiger partial charge in [-0.25, -0.2) is 0 Å². The highest BCUT2D eigenvalue weighted by Crippen LogP contribution is 2.35. The fraction of sp³-hybridized carbons (Fsp3) is 0.280. The van der Waals surface area contributed by atoms with Gasteiger partial charge in [-0.05, 0) is 55.2 Å². The van der Waals surface area contributed by atoms with E-state index in [2.05, 4.69) is 17.6 Å². The minimum Gasteiger partial charge on any atom is -0.366 e. The average Bonchev–Trinajstić information content (AvgIpc) is 3.00. The maximum Gasteiger partial charge on any atom is 0.251 e. The largest absolute Gasteiger partial charge is 0.366 e. The molecule has 0 atom stereocenters. The normalized spacial score (nSPS) is 10.7. The maximum absolute atomic E-state index is 12.5. The number of hydrogen-bond acceptors (Lipinski definition) is 2. The number of benzene rings is 2. The van der Waals surface area contributed by atoms with Gasteiger partial charge in [0.25, 0.3) is 5.91 Å². The molecule has 154 valence electrons. The van der Waals surface area contributed by atoms with E-state index in [9.17, 15) is 4.79 Å². The maximum atomic E-state index is 12.5. The molecule has 0 fully saturated rings. The van der Waals surface area contributed by atoms with Crippen LogP contribution in [0.2, 0.25) is 5.02 Å². The van der Waals surface area contributed by atoms with Crippen LogP contribution in [0.3, 0.4) is 0 Å². The molecule has 3 rings (SSSR count). The smallest absolute Gasteiger partial charge is 0.251 e. The van der Waals surface area contributed by atoms with Gasteiger partial charge in [-0.15, -0.1) is 0 Å². The van der Waals surface area contributed by atoms with Crippen LogP contribution in [0.5, 0.6) is 0 Å². The number of aromatic nitrogens is 1. The van der Waals surface area contributed by atoms with E-state index in [0.29, 0.717) is 22.7 Å². The summed E-state index contributed by atoms with van der Waals surface area (Å²) in [5.74, 6) is -0.437. The molecule has 0 unspecified atom stereocenters. The molecule has 1 aromatic heterocycles. The second-order valence-electron chi connectivity index (χ2n) is 7.51. The molecule has 0 aliphatic rings. The first-order chi connectivity index (χ1) is 14.5. The topological polar surface area (TPSA) is 71.8 Å². The van der Waals surface area contributed by atoms with Gasteiger partial charge in [0.1, 0.15) is 0 Å². The molecular weight excluding hydrogens is 394 g/mol. The molecule has 1 heterocycles. The fourth-order valence-corrected chi connectivity index (χ4v) is 4.17. The minimum atomic E-state index is -0.437. The van der Waals surface area contributed by atoms with Gasteiger partial charge in [-0.2, -0.15) is 5.26 Å². The molecule has 0 aliphatic heterocycles. The van der Waals surface area contributed by atoms with E-state index in [1.807, 2.05) is 43.3 Å². The lowest BCUT2D eigenvalue weighted by Gasteiger charge is -2.14. The molecule has 3 aromatic rings. The number of unbranched alkanes of at least 4 members (excludes halogenated alkanes) is 2. The number of carbonyl (C=O) groups excluding carboxylic acids is 1. The van der Waals surface area contributed by atoms with Crippen LogP contribution in [-0.2, 0) is 13.0 Å². The molecule has 2 aromatic carbocycles. The zero-order valence-electron chi connectivity index (χ0n) is 17.4. The highest BCUT2D eigenvalue weighted by Gasteiger charge is 2.24. The molecular formula is C25H26ClN3O. The van der Waals surface area contributed by atoms with E-state index < -0.39 is 5.91 Å². The van der Waals surface area contributed by atoms with Crippen LogP contribution in [0.4, 0.5) is 0 Å². The third kappa shape index (κ3) is 4.58. The van der Waals surface area contributed by atoms with Gasteiger partial charge in [0.05, 0.1) is 17.2 Å². The summed E-state index contributed by atoms with van der Waals surface area (Å²) >= 11 is 6.19. The summed E-state index contributed by atoms with van der Waals surface area (Å²) in [5.41, 5.74) is 11.8. The zero-order valence-corrected chi connectivity index (χ0v) is 18.2. The Hall–Kier alpha value is -3.03. The molecule has 1 amide bonds. The van der Waals surface area contributed by atoms with Crippen LogP contribution in [0.25, 0.3) is 11.1 Å². The van der Waals surface area contributed by atoms with E-state index in [0.717, 1.165) is 53.8 Å². The predicted molar refractivity (Wildman–Crippen MR) is 122 cm³/mol. The Balaban J connectivity index is 2.19. The van der Waals surface area contributed by atoms with E-state index in [4.69, 9.17) is 22.6 Å². The van der Waals surface area contributed by atoms with E-state index >= 15 is 0 Å². The average molecular weight is 420 g/mol. The van der Waals surface area contributed by atoms with Crippen LogP contribution >= 0.6 is 11.6 Å². The minimum absolute atomic E-state index is 0.437. The summed E-state index contributed by atoms with van der Waals surface area (Å²) in [7, 11) is 0. The zero-order chi connectivity index (χ0) is 21.7. The van der Waals surface area contributed by atoms with Crippen molar-refractivity contribution in [2.45, 2.75) is 46.1 Å². The number of nitriles is 1. The van der Waals surface area contributed by atoms with Crippen LogP contribution in [0.15, 0.2) is 48.5 Å². The lowest BCUT2D eigenvalue weighted by atomic mass is 9.96. The summed E-state index contributed by atoms with van der Waals surface area (Å²) in [6.07, 6.45) is 4.10. The van der Waals surface area contributed by atoms with Gasteiger partial charge >= 0.3 is 0 Å². The van der Waals surface area contributed by atoms with Crippen molar-refractivity contribution in [1.82, 2.24) is 4.57 Å². The van der Waals surface area contributed by atoms with Gasteiger partial charge in [0, 0.05) is 28.5 Å². The third-order valence-electron chi connectivity index (χ3n) is 5.43. The molecule has 0 radical (unpaired) electrons. The number of halogens is 1. The molecule has 5 heteroatoms. The second-order valence-corrected chi connectivity index (χ2v) is 7.95. The third-order valence-corrected chi connectivity index (χ3v) is 5.66. The van der Waals surface area contributed by atoms with Crippen molar-refractivity contribution in [3.63, 3.8) is 0 Å². The second kappa shape index (κ2) is 9.65. The lowest BCUT2D eigenvalue weighted by molar-refractivity contribution is 0.1000. The number of carbonyl (C=O) groups is 1. The number of hydrogen-bond donors (Lipinski definition) is 1. The molecule has 0 aliphatic carbocycles. The van der Waals surface area contributed by atoms with Crippen molar-refractivity contribution in [1.29, 1.82) is 5.26 Å². The molecule has 0 spiro atoms. The van der Waals surface area contributed by atoms with Crippen LogP contribution in [-0.4, -0.2) is 10.5 Å². The predicted octanol–water partition coefficient (Wildman–Crippen LogP) is 5.87. The first kappa shape index (κ1) is 21.7. The quantitative estimate of drug-likeness (QED) is 0.464. The first-order valence-electron chi connectivity index (χ1n) is 10.2. The Morgan fingerprint density at radius 3 is 2.50 bits per heavy atom. The molecule has 4 nitrogen and oxygen atoms in total. The summed E-state index contributed by atoms with van der Waals surface area (Å²) in [6.45, 7) is 4.73. The molecule has 0 bridgehead atoms. The van der Waals surface area contributed by atoms with Gasteiger partial charge < -0.3 is 10.3 Å². The Labute approximate surface area is 182 Å². The highest BCUT2D eigenvalue weighted by atomic mass is 35.5.